The zero-order valence-corrected chi connectivity index (χ0v) is 10.2. The molecule has 0 bridgehead atoms. The molecule has 6 nitrogen and oxygen atoms in total. The summed E-state index contributed by atoms with van der Waals surface area (Å²) in [5.74, 6) is 0. The Morgan fingerprint density at radius 1 is 1.56 bits per heavy atom. The Morgan fingerprint density at radius 2 is 2.25 bits per heavy atom. The van der Waals surface area contributed by atoms with Crippen molar-refractivity contribution in [1.82, 2.24) is 4.57 Å². The summed E-state index contributed by atoms with van der Waals surface area (Å²) in [6.07, 6.45) is 6.54. The van der Waals surface area contributed by atoms with Gasteiger partial charge in [-0.05, 0) is 6.42 Å². The van der Waals surface area contributed by atoms with Crippen molar-refractivity contribution in [3.8, 4) is 0 Å². The van der Waals surface area contributed by atoms with E-state index in [2.05, 4.69) is 4.18 Å². The van der Waals surface area contributed by atoms with Gasteiger partial charge in [-0.1, -0.05) is 13.3 Å². The lowest BCUT2D eigenvalue weighted by atomic mass is 10.2. The Bertz CT molecular complexity index is 426. The van der Waals surface area contributed by atoms with Crippen LogP contribution in [0.5, 0.6) is 0 Å². The molecule has 92 valence electrons. The topological polar surface area (TPSA) is 75.2 Å². The van der Waals surface area contributed by atoms with Crippen LogP contribution in [-0.2, 0) is 21.6 Å². The van der Waals surface area contributed by atoms with Crippen molar-refractivity contribution < 1.29 is 21.7 Å². The van der Waals surface area contributed by atoms with Crippen LogP contribution in [0.15, 0.2) is 18.7 Å². The molecule has 0 aromatic carbocycles. The lowest BCUT2D eigenvalue weighted by molar-refractivity contribution is -0.671. The summed E-state index contributed by atoms with van der Waals surface area (Å²) in [5, 5.41) is 0. The van der Waals surface area contributed by atoms with Gasteiger partial charge in [-0.2, -0.15) is 0 Å². The van der Waals surface area contributed by atoms with Crippen LogP contribution < -0.4 is 4.57 Å². The summed E-state index contributed by atoms with van der Waals surface area (Å²) in [4.78, 5) is 0. The molecule has 0 saturated heterocycles. The first-order chi connectivity index (χ1) is 7.42. The van der Waals surface area contributed by atoms with Crippen LogP contribution in [0.3, 0.4) is 0 Å². The van der Waals surface area contributed by atoms with E-state index in [1.165, 1.54) is 0 Å². The number of imidazole rings is 1. The molecule has 0 aliphatic heterocycles. The number of aromatic nitrogens is 2. The van der Waals surface area contributed by atoms with Gasteiger partial charge < -0.3 is 4.55 Å². The molecular weight excluding hydrogens is 232 g/mol. The van der Waals surface area contributed by atoms with Crippen LogP contribution in [0.1, 0.15) is 32.4 Å². The first kappa shape index (κ1) is 13.1. The van der Waals surface area contributed by atoms with E-state index in [0.717, 1.165) is 12.8 Å². The minimum absolute atomic E-state index is 0.493. The lowest BCUT2D eigenvalue weighted by Gasteiger charge is -2.15. The molecule has 16 heavy (non-hydrogen) atoms. The Hall–Kier alpha value is -0.920. The monoisotopic (exact) mass is 248 g/mol. The van der Waals surface area contributed by atoms with Gasteiger partial charge in [0.1, 0.15) is 12.4 Å². The zero-order valence-electron chi connectivity index (χ0n) is 9.37. The lowest BCUT2D eigenvalue weighted by Crippen LogP contribution is -2.25. The van der Waals surface area contributed by atoms with Crippen molar-refractivity contribution in [3.63, 3.8) is 0 Å². The quantitative estimate of drug-likeness (QED) is 0.417. The molecule has 1 aromatic heterocycles. The molecule has 0 aliphatic rings. The van der Waals surface area contributed by atoms with Gasteiger partial charge in [0.25, 0.3) is 0 Å². The van der Waals surface area contributed by atoms with E-state index in [4.69, 9.17) is 0 Å². The minimum Gasteiger partial charge on any atom is -0.725 e. The molecule has 0 N–H and O–H groups in total. The highest BCUT2D eigenvalue weighted by atomic mass is 32.3. The van der Waals surface area contributed by atoms with Crippen molar-refractivity contribution in [1.29, 1.82) is 0 Å². The average molecular weight is 248 g/mol. The van der Waals surface area contributed by atoms with Crippen LogP contribution in [0.25, 0.3) is 0 Å². The molecule has 1 atom stereocenters. The van der Waals surface area contributed by atoms with Crippen LogP contribution >= 0.6 is 0 Å². The normalized spacial score (nSPS) is 13.9. The first-order valence-corrected chi connectivity index (χ1v) is 6.42. The van der Waals surface area contributed by atoms with Crippen LogP contribution in [0.2, 0.25) is 0 Å². The van der Waals surface area contributed by atoms with Gasteiger partial charge in [0.15, 0.2) is 0 Å². The van der Waals surface area contributed by atoms with E-state index in [1.807, 2.05) is 6.92 Å². The molecular formula is C9H16N2O4S. The summed E-state index contributed by atoms with van der Waals surface area (Å²) >= 11 is 0. The second-order valence-corrected chi connectivity index (χ2v) is 4.64. The van der Waals surface area contributed by atoms with E-state index < -0.39 is 16.6 Å². The van der Waals surface area contributed by atoms with Crippen LogP contribution in [0.4, 0.5) is 0 Å². The molecule has 1 unspecified atom stereocenters. The molecule has 1 aromatic rings. The standard InChI is InChI=1S/C9H16N2O4S/c1-3-4-5-9(15-16(12,13)14)11-7-6-10(2)8-11/h6-9H,3-5H2,1-2H3. The van der Waals surface area contributed by atoms with E-state index in [1.54, 1.807) is 34.9 Å². The predicted octanol–water partition coefficient (Wildman–Crippen LogP) is 0.478. The first-order valence-electron chi connectivity index (χ1n) is 5.09. The molecule has 1 rings (SSSR count). The third-order valence-electron chi connectivity index (χ3n) is 2.16. The third kappa shape index (κ3) is 4.30. The fourth-order valence-corrected chi connectivity index (χ4v) is 1.87. The highest BCUT2D eigenvalue weighted by molar-refractivity contribution is 7.80. The van der Waals surface area contributed by atoms with Gasteiger partial charge in [-0.25, -0.2) is 21.7 Å². The maximum Gasteiger partial charge on any atom is 0.245 e. The van der Waals surface area contributed by atoms with Gasteiger partial charge in [0.2, 0.25) is 23.0 Å². The van der Waals surface area contributed by atoms with Crippen molar-refractivity contribution in [3.05, 3.63) is 18.7 Å². The Balaban J connectivity index is 2.78. The number of rotatable bonds is 6. The summed E-state index contributed by atoms with van der Waals surface area (Å²) in [7, 11) is -2.87. The van der Waals surface area contributed by atoms with Gasteiger partial charge in [-0.3, -0.25) is 0 Å². The molecule has 0 saturated carbocycles. The van der Waals surface area contributed by atoms with Gasteiger partial charge >= 0.3 is 0 Å². The zero-order chi connectivity index (χ0) is 12.2. The second-order valence-electron chi connectivity index (χ2n) is 3.63. The summed E-state index contributed by atoms with van der Waals surface area (Å²) < 4.78 is 39.6. The number of nitrogens with zero attached hydrogens (tertiary/aromatic N) is 2. The predicted molar refractivity (Wildman–Crippen MR) is 55.0 cm³/mol. The van der Waals surface area contributed by atoms with E-state index in [9.17, 15) is 13.0 Å². The van der Waals surface area contributed by atoms with E-state index >= 15 is 0 Å². The minimum atomic E-state index is -4.67. The Morgan fingerprint density at radius 3 is 2.69 bits per heavy atom. The Labute approximate surface area is 95.4 Å². The average Bonchev–Trinajstić information content (AvgIpc) is 2.57. The van der Waals surface area contributed by atoms with E-state index in [-0.39, 0.29) is 0 Å². The molecule has 0 radical (unpaired) electrons. The maximum absolute atomic E-state index is 10.6. The molecule has 0 amide bonds. The SMILES string of the molecule is CCCCC(OS(=O)(=O)[O-])n1cc[n+](C)c1. The smallest absolute Gasteiger partial charge is 0.245 e. The van der Waals surface area contributed by atoms with Crippen LogP contribution in [-0.4, -0.2) is 17.5 Å². The summed E-state index contributed by atoms with van der Waals surface area (Å²) in [6, 6.07) is 0. The summed E-state index contributed by atoms with van der Waals surface area (Å²) in [6.45, 7) is 1.98. The molecule has 0 fully saturated rings. The third-order valence-corrected chi connectivity index (χ3v) is 2.61. The largest absolute Gasteiger partial charge is 0.725 e. The number of aryl methyl sites for hydroxylation is 1. The van der Waals surface area contributed by atoms with Crippen molar-refractivity contribution in [2.45, 2.75) is 32.4 Å². The van der Waals surface area contributed by atoms with Crippen molar-refractivity contribution in [2.24, 2.45) is 7.05 Å². The highest BCUT2D eigenvalue weighted by Crippen LogP contribution is 2.17. The number of hydrogen-bond donors (Lipinski definition) is 0. The van der Waals surface area contributed by atoms with Crippen molar-refractivity contribution >= 4 is 10.4 Å². The Kier molecular flexibility index (Phi) is 4.45. The van der Waals surface area contributed by atoms with Crippen molar-refractivity contribution in [2.75, 3.05) is 0 Å². The molecule has 0 aliphatic carbocycles. The molecule has 0 spiro atoms. The fourth-order valence-electron chi connectivity index (χ4n) is 1.40. The highest BCUT2D eigenvalue weighted by Gasteiger charge is 2.19. The van der Waals surface area contributed by atoms with E-state index in [0.29, 0.717) is 6.42 Å². The molecule has 1 heterocycles. The fraction of sp³-hybridized carbons (Fsp3) is 0.667. The number of hydrogen-bond acceptors (Lipinski definition) is 4. The maximum atomic E-state index is 10.6. The van der Waals surface area contributed by atoms with Gasteiger partial charge in [-0.15, -0.1) is 0 Å². The summed E-state index contributed by atoms with van der Waals surface area (Å²) in [5.41, 5.74) is 0. The van der Waals surface area contributed by atoms with Crippen LogP contribution in [0, 0.1) is 0 Å². The van der Waals surface area contributed by atoms with Gasteiger partial charge in [0.05, 0.1) is 7.05 Å². The second kappa shape index (κ2) is 5.42. The number of unbranched alkanes of at least 4 members (excludes halogenated alkanes) is 1. The molecule has 7 heteroatoms. The van der Waals surface area contributed by atoms with Gasteiger partial charge in [0, 0.05) is 6.42 Å².